The third kappa shape index (κ3) is 3.77. The summed E-state index contributed by atoms with van der Waals surface area (Å²) in [5, 5.41) is 33.2. The first kappa shape index (κ1) is 24.6. The van der Waals surface area contributed by atoms with E-state index in [1.54, 1.807) is 0 Å². The quantitative estimate of drug-likeness (QED) is 0.434. The molecule has 190 valence electrons. The summed E-state index contributed by atoms with van der Waals surface area (Å²) in [5.74, 6) is 5.29. The van der Waals surface area contributed by atoms with Gasteiger partial charge in [0.25, 0.3) is 0 Å². The second kappa shape index (κ2) is 8.77. The Labute approximate surface area is 203 Å². The average molecular weight is 461 g/mol. The standard InChI is InChI=1S/C30H52O3/c1-19(21-9-6-10-21)7-5-8-20(2)24-11-12-25-23-17-27(32)30(33)18-22(31)13-16-29(30,4)26(23)14-15-28(24,25)3/h19-27,31-33H,5-18H2,1-4H3/t19?,20?,22-,23?,24?,25?,26?,27+,28+,29+,30-/m0/s1. The van der Waals surface area contributed by atoms with Gasteiger partial charge in [-0.1, -0.05) is 66.2 Å². The molecule has 0 bridgehead atoms. The fourth-order valence-corrected chi connectivity index (χ4v) is 10.4. The van der Waals surface area contributed by atoms with E-state index in [0.717, 1.165) is 42.9 Å². The number of aliphatic hydroxyl groups excluding tert-OH is 2. The molecule has 0 heterocycles. The van der Waals surface area contributed by atoms with E-state index in [1.165, 1.54) is 64.2 Å². The van der Waals surface area contributed by atoms with Crippen LogP contribution in [0.2, 0.25) is 0 Å². The Bertz CT molecular complexity index is 705. The molecule has 0 aliphatic heterocycles. The molecule has 0 saturated heterocycles. The lowest BCUT2D eigenvalue weighted by atomic mass is 9.42. The molecule has 3 nitrogen and oxygen atoms in total. The maximum absolute atomic E-state index is 11.7. The van der Waals surface area contributed by atoms with Crippen LogP contribution in [0.15, 0.2) is 0 Å². The van der Waals surface area contributed by atoms with Gasteiger partial charge in [-0.25, -0.2) is 0 Å². The van der Waals surface area contributed by atoms with Crippen LogP contribution in [0.3, 0.4) is 0 Å². The first-order valence-electron chi connectivity index (χ1n) is 14.7. The molecule has 3 heteroatoms. The number of aliphatic hydroxyl groups is 3. The van der Waals surface area contributed by atoms with Gasteiger partial charge in [-0.2, -0.15) is 0 Å². The van der Waals surface area contributed by atoms with E-state index in [9.17, 15) is 15.3 Å². The molecular weight excluding hydrogens is 408 g/mol. The first-order chi connectivity index (χ1) is 15.6. The van der Waals surface area contributed by atoms with E-state index in [-0.39, 0.29) is 5.41 Å². The van der Waals surface area contributed by atoms with Gasteiger partial charge < -0.3 is 15.3 Å². The van der Waals surface area contributed by atoms with E-state index in [4.69, 9.17) is 0 Å². The largest absolute Gasteiger partial charge is 0.393 e. The van der Waals surface area contributed by atoms with Crippen molar-refractivity contribution in [1.29, 1.82) is 0 Å². The van der Waals surface area contributed by atoms with Crippen molar-refractivity contribution in [3.8, 4) is 0 Å². The van der Waals surface area contributed by atoms with Gasteiger partial charge in [0, 0.05) is 11.8 Å². The molecule has 0 aromatic heterocycles. The van der Waals surface area contributed by atoms with Crippen LogP contribution in [-0.4, -0.2) is 33.1 Å². The zero-order chi connectivity index (χ0) is 23.6. The highest BCUT2D eigenvalue weighted by Crippen LogP contribution is 2.69. The molecule has 11 atom stereocenters. The fraction of sp³-hybridized carbons (Fsp3) is 1.00. The summed E-state index contributed by atoms with van der Waals surface area (Å²) in [4.78, 5) is 0. The lowest BCUT2D eigenvalue weighted by Crippen LogP contribution is -2.68. The molecule has 5 aliphatic rings. The van der Waals surface area contributed by atoms with Crippen molar-refractivity contribution >= 4 is 0 Å². The van der Waals surface area contributed by atoms with Gasteiger partial charge in [0.05, 0.1) is 17.8 Å². The summed E-state index contributed by atoms with van der Waals surface area (Å²) >= 11 is 0. The van der Waals surface area contributed by atoms with Gasteiger partial charge in [0.2, 0.25) is 0 Å². The fourth-order valence-electron chi connectivity index (χ4n) is 10.4. The van der Waals surface area contributed by atoms with Crippen molar-refractivity contribution in [2.45, 2.75) is 135 Å². The summed E-state index contributed by atoms with van der Waals surface area (Å²) in [6.07, 6.45) is 15.3. The Hall–Kier alpha value is -0.120. The molecule has 5 fully saturated rings. The smallest absolute Gasteiger partial charge is 0.0985 e. The zero-order valence-corrected chi connectivity index (χ0v) is 21.9. The van der Waals surface area contributed by atoms with E-state index < -0.39 is 17.8 Å². The zero-order valence-electron chi connectivity index (χ0n) is 21.9. The van der Waals surface area contributed by atoms with Crippen molar-refractivity contribution in [3.63, 3.8) is 0 Å². The van der Waals surface area contributed by atoms with E-state index in [1.807, 2.05) is 0 Å². The molecule has 5 aliphatic carbocycles. The molecule has 33 heavy (non-hydrogen) atoms. The summed E-state index contributed by atoms with van der Waals surface area (Å²) in [7, 11) is 0. The number of fused-ring (bicyclic) bond motifs is 5. The Morgan fingerprint density at radius 3 is 2.27 bits per heavy atom. The van der Waals surface area contributed by atoms with Crippen LogP contribution in [0.4, 0.5) is 0 Å². The van der Waals surface area contributed by atoms with Crippen molar-refractivity contribution < 1.29 is 15.3 Å². The van der Waals surface area contributed by atoms with Crippen LogP contribution < -0.4 is 0 Å². The van der Waals surface area contributed by atoms with Crippen molar-refractivity contribution in [1.82, 2.24) is 0 Å². The molecule has 0 amide bonds. The SMILES string of the molecule is CC(CCCC(C)C1CCC2C3C[C@@H](O)[C@@]4(O)C[C@@H](O)CC[C@]4(C)C3CC[C@]12C)C1CCC1. The van der Waals surface area contributed by atoms with Gasteiger partial charge in [-0.15, -0.1) is 0 Å². The van der Waals surface area contributed by atoms with Gasteiger partial charge in [0.1, 0.15) is 0 Å². The Morgan fingerprint density at radius 2 is 1.58 bits per heavy atom. The van der Waals surface area contributed by atoms with E-state index in [2.05, 4.69) is 27.7 Å². The minimum atomic E-state index is -1.11. The Morgan fingerprint density at radius 1 is 0.848 bits per heavy atom. The normalized spacial score (nSPS) is 51.7. The molecule has 5 saturated carbocycles. The minimum absolute atomic E-state index is 0.253. The maximum Gasteiger partial charge on any atom is 0.0985 e. The predicted octanol–water partition coefficient (Wildman–Crippen LogP) is 6.33. The van der Waals surface area contributed by atoms with Crippen LogP contribution in [0, 0.1) is 52.3 Å². The summed E-state index contributed by atoms with van der Waals surface area (Å²) in [5.41, 5.74) is -0.959. The lowest BCUT2D eigenvalue weighted by molar-refractivity contribution is -0.264. The van der Waals surface area contributed by atoms with Gasteiger partial charge in [-0.3, -0.25) is 0 Å². The Balaban J connectivity index is 1.26. The van der Waals surface area contributed by atoms with Crippen molar-refractivity contribution in [3.05, 3.63) is 0 Å². The summed E-state index contributed by atoms with van der Waals surface area (Å²) in [6, 6.07) is 0. The number of hydrogen-bond donors (Lipinski definition) is 3. The molecular formula is C30H52O3. The third-order valence-electron chi connectivity index (χ3n) is 12.9. The van der Waals surface area contributed by atoms with Crippen molar-refractivity contribution in [2.24, 2.45) is 52.3 Å². The molecule has 0 aromatic rings. The molecule has 6 unspecified atom stereocenters. The predicted molar refractivity (Wildman–Crippen MR) is 134 cm³/mol. The van der Waals surface area contributed by atoms with E-state index >= 15 is 0 Å². The molecule has 0 aromatic carbocycles. The second-order valence-electron chi connectivity index (χ2n) is 14.2. The highest BCUT2D eigenvalue weighted by atomic mass is 16.3. The highest BCUT2D eigenvalue weighted by molar-refractivity contribution is 5.17. The van der Waals surface area contributed by atoms with Crippen LogP contribution in [-0.2, 0) is 0 Å². The van der Waals surface area contributed by atoms with Crippen molar-refractivity contribution in [2.75, 3.05) is 0 Å². The molecule has 0 spiro atoms. The monoisotopic (exact) mass is 460 g/mol. The van der Waals surface area contributed by atoms with Crippen LogP contribution in [0.1, 0.15) is 118 Å². The van der Waals surface area contributed by atoms with Crippen LogP contribution in [0.5, 0.6) is 0 Å². The minimum Gasteiger partial charge on any atom is -0.393 e. The highest BCUT2D eigenvalue weighted by Gasteiger charge is 2.67. The van der Waals surface area contributed by atoms with Gasteiger partial charge >= 0.3 is 0 Å². The topological polar surface area (TPSA) is 60.7 Å². The Kier molecular flexibility index (Phi) is 6.53. The number of hydrogen-bond acceptors (Lipinski definition) is 3. The summed E-state index contributed by atoms with van der Waals surface area (Å²) < 4.78 is 0. The van der Waals surface area contributed by atoms with Gasteiger partial charge in [0.15, 0.2) is 0 Å². The van der Waals surface area contributed by atoms with Crippen LogP contribution >= 0.6 is 0 Å². The molecule has 3 N–H and O–H groups in total. The lowest BCUT2D eigenvalue weighted by Gasteiger charge is -2.65. The maximum atomic E-state index is 11.7. The third-order valence-corrected chi connectivity index (χ3v) is 12.9. The van der Waals surface area contributed by atoms with Gasteiger partial charge in [-0.05, 0) is 91.8 Å². The molecule has 5 rings (SSSR count). The second-order valence-corrected chi connectivity index (χ2v) is 14.2. The first-order valence-corrected chi connectivity index (χ1v) is 14.7. The summed E-state index contributed by atoms with van der Waals surface area (Å²) in [6.45, 7) is 9.87. The number of rotatable bonds is 6. The van der Waals surface area contributed by atoms with E-state index in [0.29, 0.717) is 29.6 Å². The average Bonchev–Trinajstić information content (AvgIpc) is 3.06. The molecule has 0 radical (unpaired) electrons. The van der Waals surface area contributed by atoms with Crippen LogP contribution in [0.25, 0.3) is 0 Å².